The van der Waals surface area contributed by atoms with Crippen LogP contribution in [-0.4, -0.2) is 18.4 Å². The summed E-state index contributed by atoms with van der Waals surface area (Å²) in [4.78, 5) is 13.0. The normalized spacial score (nSPS) is 9.27. The number of nitrogens with two attached hydrogens (primary N) is 1. The zero-order chi connectivity index (χ0) is 16.4. The average Bonchev–Trinajstić information content (AvgIpc) is 2.53. The number of nitrogens with zero attached hydrogens (tertiary/aromatic N) is 1. The number of ether oxygens (including phenoxy) is 1. The van der Waals surface area contributed by atoms with Gasteiger partial charge in [-0.1, -0.05) is 39.7 Å². The molecule has 0 saturated carbocycles. The van der Waals surface area contributed by atoms with E-state index in [2.05, 4.69) is 32.1 Å². The molecule has 118 valence electrons. The lowest BCUT2D eigenvalue weighted by molar-refractivity contribution is -0.109. The molecule has 0 fully saturated rings. The molecule has 22 heavy (non-hydrogen) atoms. The van der Waals surface area contributed by atoms with Crippen molar-refractivity contribution in [3.63, 3.8) is 0 Å². The number of benzene rings is 1. The zero-order valence-electron chi connectivity index (χ0n) is 11.8. The SMILES string of the molecule is CNc1cccc(Br)c1COc1cccc(Cl)n1.NNC=O. The topological polar surface area (TPSA) is 89.3 Å². The Labute approximate surface area is 142 Å². The molecule has 0 saturated heterocycles. The minimum atomic E-state index is 0.403. The van der Waals surface area contributed by atoms with Gasteiger partial charge in [0, 0.05) is 28.8 Å². The second kappa shape index (κ2) is 9.99. The molecule has 6 nitrogen and oxygen atoms in total. The number of carbonyl (C=O) groups excluding carboxylic acids is 1. The van der Waals surface area contributed by atoms with E-state index in [-0.39, 0.29) is 0 Å². The van der Waals surface area contributed by atoms with E-state index in [0.717, 1.165) is 15.7 Å². The average molecular weight is 388 g/mol. The summed E-state index contributed by atoms with van der Waals surface area (Å²) >= 11 is 9.31. The summed E-state index contributed by atoms with van der Waals surface area (Å²) in [5.74, 6) is 4.92. The quantitative estimate of drug-likeness (QED) is 0.241. The highest BCUT2D eigenvalue weighted by atomic mass is 79.9. The molecule has 1 aromatic carbocycles. The van der Waals surface area contributed by atoms with Crippen LogP contribution >= 0.6 is 27.5 Å². The molecular weight excluding hydrogens is 372 g/mol. The van der Waals surface area contributed by atoms with Crippen LogP contribution in [0.1, 0.15) is 5.56 Å². The van der Waals surface area contributed by atoms with Gasteiger partial charge in [-0.05, 0) is 18.2 Å². The van der Waals surface area contributed by atoms with Crippen LogP contribution in [0.2, 0.25) is 5.15 Å². The van der Waals surface area contributed by atoms with Crippen molar-refractivity contribution in [1.82, 2.24) is 10.4 Å². The van der Waals surface area contributed by atoms with Crippen molar-refractivity contribution < 1.29 is 9.53 Å². The van der Waals surface area contributed by atoms with Crippen molar-refractivity contribution in [2.75, 3.05) is 12.4 Å². The minimum absolute atomic E-state index is 0.403. The molecule has 2 rings (SSSR count). The molecule has 0 unspecified atom stereocenters. The fourth-order valence-electron chi connectivity index (χ4n) is 1.56. The van der Waals surface area contributed by atoms with Crippen LogP contribution in [0.4, 0.5) is 5.69 Å². The van der Waals surface area contributed by atoms with Crippen molar-refractivity contribution in [3.8, 4) is 5.88 Å². The maximum absolute atomic E-state index is 8.94. The number of hydrogen-bond donors (Lipinski definition) is 3. The maximum Gasteiger partial charge on any atom is 0.221 e. The number of pyridine rings is 1. The van der Waals surface area contributed by atoms with E-state index in [0.29, 0.717) is 24.1 Å². The third-order valence-corrected chi connectivity index (χ3v) is 3.46. The summed E-state index contributed by atoms with van der Waals surface area (Å²) in [6.07, 6.45) is 0.403. The number of aromatic nitrogens is 1. The smallest absolute Gasteiger partial charge is 0.221 e. The van der Waals surface area contributed by atoms with Crippen LogP contribution in [-0.2, 0) is 11.4 Å². The van der Waals surface area contributed by atoms with E-state index in [1.165, 1.54) is 0 Å². The van der Waals surface area contributed by atoms with Gasteiger partial charge in [0.15, 0.2) is 0 Å². The first-order chi connectivity index (χ1) is 10.6. The van der Waals surface area contributed by atoms with Crippen LogP contribution in [0.25, 0.3) is 0 Å². The molecule has 1 aromatic heterocycles. The summed E-state index contributed by atoms with van der Waals surface area (Å²) in [7, 11) is 1.88. The first kappa shape index (κ1) is 18.2. The largest absolute Gasteiger partial charge is 0.473 e. The van der Waals surface area contributed by atoms with Crippen LogP contribution < -0.4 is 21.3 Å². The molecule has 2 aromatic rings. The van der Waals surface area contributed by atoms with Crippen LogP contribution in [0.15, 0.2) is 40.9 Å². The number of halogens is 2. The van der Waals surface area contributed by atoms with Crippen molar-refractivity contribution in [3.05, 3.63) is 51.6 Å². The zero-order valence-corrected chi connectivity index (χ0v) is 14.2. The minimum Gasteiger partial charge on any atom is -0.473 e. The Hall–Kier alpha value is -1.83. The second-order valence-corrected chi connectivity index (χ2v) is 5.13. The molecule has 1 heterocycles. The predicted molar refractivity (Wildman–Crippen MR) is 90.7 cm³/mol. The molecule has 0 bridgehead atoms. The Bertz CT molecular complexity index is 613. The highest BCUT2D eigenvalue weighted by Crippen LogP contribution is 2.26. The molecule has 1 amide bonds. The summed E-state index contributed by atoms with van der Waals surface area (Å²) in [6.45, 7) is 0.422. The van der Waals surface area contributed by atoms with Gasteiger partial charge in [-0.3, -0.25) is 10.2 Å². The summed E-state index contributed by atoms with van der Waals surface area (Å²) < 4.78 is 6.63. The lowest BCUT2D eigenvalue weighted by Crippen LogP contribution is -2.18. The second-order valence-electron chi connectivity index (χ2n) is 3.89. The number of rotatable bonds is 5. The Morgan fingerprint density at radius 3 is 2.64 bits per heavy atom. The number of nitrogens with one attached hydrogen (secondary N) is 2. The molecule has 0 spiro atoms. The van der Waals surface area contributed by atoms with E-state index in [1.807, 2.05) is 31.3 Å². The van der Waals surface area contributed by atoms with Crippen LogP contribution in [0.5, 0.6) is 5.88 Å². The molecule has 8 heteroatoms. The van der Waals surface area contributed by atoms with Gasteiger partial charge >= 0.3 is 0 Å². The Balaban J connectivity index is 0.000000541. The lowest BCUT2D eigenvalue weighted by atomic mass is 10.2. The molecule has 0 atom stereocenters. The standard InChI is InChI=1S/C13H12BrClN2O.CH4N2O/c1-16-11-5-2-4-10(14)9(11)8-18-13-7-3-6-12(15)17-13;2-3-1-4/h2-7,16H,8H2,1H3;1H,2H2,(H,3,4). The number of amides is 1. The molecule has 4 N–H and O–H groups in total. The number of hydrazine groups is 1. The maximum atomic E-state index is 8.94. The molecule has 0 radical (unpaired) electrons. The van der Waals surface area contributed by atoms with Crippen LogP contribution in [0.3, 0.4) is 0 Å². The Morgan fingerprint density at radius 1 is 1.36 bits per heavy atom. The number of carbonyl (C=O) groups is 1. The van der Waals surface area contributed by atoms with Gasteiger partial charge in [0.2, 0.25) is 12.3 Å². The third kappa shape index (κ3) is 5.88. The van der Waals surface area contributed by atoms with E-state index in [4.69, 9.17) is 21.1 Å². The molecule has 0 aliphatic carbocycles. The monoisotopic (exact) mass is 386 g/mol. The highest BCUT2D eigenvalue weighted by Gasteiger charge is 2.07. The van der Waals surface area contributed by atoms with Gasteiger partial charge in [-0.2, -0.15) is 0 Å². The lowest BCUT2D eigenvalue weighted by Gasteiger charge is -2.12. The van der Waals surface area contributed by atoms with E-state index in [1.54, 1.807) is 17.6 Å². The van der Waals surface area contributed by atoms with Crippen molar-refractivity contribution in [1.29, 1.82) is 0 Å². The van der Waals surface area contributed by atoms with E-state index < -0.39 is 0 Å². The fraction of sp³-hybridized carbons (Fsp3) is 0.143. The van der Waals surface area contributed by atoms with E-state index >= 15 is 0 Å². The first-order valence-corrected chi connectivity index (χ1v) is 7.39. The van der Waals surface area contributed by atoms with E-state index in [9.17, 15) is 0 Å². The molecule has 0 aliphatic heterocycles. The summed E-state index contributed by atoms with van der Waals surface area (Å²) in [6, 6.07) is 11.2. The van der Waals surface area contributed by atoms with Gasteiger partial charge in [0.1, 0.15) is 11.8 Å². The van der Waals surface area contributed by atoms with Gasteiger partial charge in [0.05, 0.1) is 0 Å². The van der Waals surface area contributed by atoms with Crippen molar-refractivity contribution >= 4 is 39.6 Å². The van der Waals surface area contributed by atoms with Crippen molar-refractivity contribution in [2.45, 2.75) is 6.61 Å². The predicted octanol–water partition coefficient (Wildman–Crippen LogP) is 2.72. The number of anilines is 1. The van der Waals surface area contributed by atoms with Crippen molar-refractivity contribution in [2.24, 2.45) is 5.84 Å². The van der Waals surface area contributed by atoms with Gasteiger partial charge in [0.25, 0.3) is 0 Å². The highest BCUT2D eigenvalue weighted by molar-refractivity contribution is 9.10. The molecule has 0 aliphatic rings. The van der Waals surface area contributed by atoms with Gasteiger partial charge in [-0.25, -0.2) is 10.8 Å². The summed E-state index contributed by atoms with van der Waals surface area (Å²) in [5, 5.41) is 3.55. The molecular formula is C14H16BrClN4O2. The fourth-order valence-corrected chi connectivity index (χ4v) is 2.19. The Kier molecular flexibility index (Phi) is 8.27. The van der Waals surface area contributed by atoms with Gasteiger partial charge < -0.3 is 10.1 Å². The van der Waals surface area contributed by atoms with Gasteiger partial charge in [-0.15, -0.1) is 0 Å². The first-order valence-electron chi connectivity index (χ1n) is 6.22. The number of hydrogen-bond acceptors (Lipinski definition) is 5. The third-order valence-electron chi connectivity index (χ3n) is 2.51. The summed E-state index contributed by atoms with van der Waals surface area (Å²) in [5.41, 5.74) is 3.81. The Morgan fingerprint density at radius 2 is 2.05 bits per heavy atom. The van der Waals surface area contributed by atoms with Crippen LogP contribution in [0, 0.1) is 0 Å².